The summed E-state index contributed by atoms with van der Waals surface area (Å²) in [6.45, 7) is 3.78. The van der Waals surface area contributed by atoms with Crippen molar-refractivity contribution in [2.24, 2.45) is 12.8 Å². The molecule has 2 unspecified atom stereocenters. The third kappa shape index (κ3) is 3.48. The van der Waals surface area contributed by atoms with Crippen LogP contribution in [0.3, 0.4) is 0 Å². The summed E-state index contributed by atoms with van der Waals surface area (Å²) in [5.74, 6) is -0.509. The van der Waals surface area contributed by atoms with Crippen LogP contribution < -0.4 is 10.6 Å². The second-order valence-electron chi connectivity index (χ2n) is 9.50. The Hall–Kier alpha value is -4.64. The number of nitriles is 1. The second kappa shape index (κ2) is 8.24. The van der Waals surface area contributed by atoms with Gasteiger partial charge in [0, 0.05) is 59.5 Å². The molecule has 1 fully saturated rings. The first-order valence-corrected chi connectivity index (χ1v) is 11.9. The molecular formula is C28H25N7O. The van der Waals surface area contributed by atoms with Crippen molar-refractivity contribution in [2.45, 2.75) is 31.3 Å². The predicted molar refractivity (Wildman–Crippen MR) is 139 cm³/mol. The quantitative estimate of drug-likeness (QED) is 0.440. The Morgan fingerprint density at radius 1 is 1.14 bits per heavy atom. The second-order valence-corrected chi connectivity index (χ2v) is 9.50. The van der Waals surface area contributed by atoms with E-state index in [1.165, 1.54) is 5.57 Å². The van der Waals surface area contributed by atoms with E-state index in [4.69, 9.17) is 5.73 Å². The average molecular weight is 476 g/mol. The number of anilines is 1. The van der Waals surface area contributed by atoms with E-state index in [9.17, 15) is 10.1 Å². The summed E-state index contributed by atoms with van der Waals surface area (Å²) in [7, 11) is 1.90. The molecule has 2 atom stereocenters. The maximum Gasteiger partial charge on any atom is 0.248 e. The van der Waals surface area contributed by atoms with Gasteiger partial charge in [-0.1, -0.05) is 24.8 Å². The monoisotopic (exact) mass is 475 g/mol. The Morgan fingerprint density at radius 2 is 1.94 bits per heavy atom. The Labute approximate surface area is 208 Å². The van der Waals surface area contributed by atoms with E-state index < -0.39 is 5.91 Å². The first-order valence-electron chi connectivity index (χ1n) is 11.9. The number of primary amides is 1. The molecule has 0 aliphatic carbocycles. The van der Waals surface area contributed by atoms with Crippen LogP contribution in [0.1, 0.15) is 36.0 Å². The number of aromatic nitrogens is 4. The number of nitrogens with zero attached hydrogens (tertiary/aromatic N) is 6. The number of hydrogen-bond donors (Lipinski definition) is 1. The molecule has 2 N–H and O–H groups in total. The van der Waals surface area contributed by atoms with Crippen LogP contribution in [0.4, 0.5) is 5.69 Å². The van der Waals surface area contributed by atoms with Gasteiger partial charge in [-0.25, -0.2) is 4.52 Å². The van der Waals surface area contributed by atoms with Crippen LogP contribution in [0.15, 0.2) is 67.8 Å². The van der Waals surface area contributed by atoms with Gasteiger partial charge >= 0.3 is 0 Å². The maximum absolute atomic E-state index is 11.5. The fourth-order valence-corrected chi connectivity index (χ4v) is 5.59. The van der Waals surface area contributed by atoms with Crippen molar-refractivity contribution in [2.75, 3.05) is 4.90 Å². The summed E-state index contributed by atoms with van der Waals surface area (Å²) in [5, 5.41) is 18.6. The average Bonchev–Trinajstić information content (AvgIpc) is 3.58. The van der Waals surface area contributed by atoms with Crippen molar-refractivity contribution in [3.8, 4) is 17.2 Å². The number of benzene rings is 1. The molecule has 0 spiro atoms. The van der Waals surface area contributed by atoms with Crippen LogP contribution in [0.25, 0.3) is 27.8 Å². The van der Waals surface area contributed by atoms with Gasteiger partial charge in [-0.05, 0) is 48.6 Å². The van der Waals surface area contributed by atoms with Gasteiger partial charge in [-0.3, -0.25) is 9.48 Å². The van der Waals surface area contributed by atoms with Crippen LogP contribution in [0.2, 0.25) is 0 Å². The van der Waals surface area contributed by atoms with Gasteiger partial charge in [0.05, 0.1) is 23.5 Å². The smallest absolute Gasteiger partial charge is 0.248 e. The van der Waals surface area contributed by atoms with Crippen molar-refractivity contribution in [1.82, 2.24) is 19.4 Å². The lowest BCUT2D eigenvalue weighted by Gasteiger charge is -2.36. The highest BCUT2D eigenvalue weighted by molar-refractivity contribution is 6.17. The third-order valence-electron chi connectivity index (χ3n) is 7.32. The largest absolute Gasteiger partial charge is 0.366 e. The van der Waals surface area contributed by atoms with Gasteiger partial charge in [0.1, 0.15) is 6.07 Å². The van der Waals surface area contributed by atoms with Crippen molar-refractivity contribution >= 4 is 28.3 Å². The molecule has 2 aliphatic rings. The van der Waals surface area contributed by atoms with Gasteiger partial charge in [-0.2, -0.15) is 15.5 Å². The minimum absolute atomic E-state index is 0.250. The number of pyridine rings is 1. The van der Waals surface area contributed by atoms with Crippen molar-refractivity contribution in [1.29, 1.82) is 5.26 Å². The Morgan fingerprint density at radius 3 is 2.61 bits per heavy atom. The highest BCUT2D eigenvalue weighted by Gasteiger charge is 2.37. The van der Waals surface area contributed by atoms with Gasteiger partial charge in [0.2, 0.25) is 5.91 Å². The van der Waals surface area contributed by atoms with E-state index in [0.717, 1.165) is 52.7 Å². The number of carbonyl (C=O) groups excluding carboxylic acids is 1. The zero-order valence-electron chi connectivity index (χ0n) is 19.9. The zero-order chi connectivity index (χ0) is 25.0. The van der Waals surface area contributed by atoms with Crippen LogP contribution in [0.5, 0.6) is 0 Å². The highest BCUT2D eigenvalue weighted by Crippen LogP contribution is 2.43. The Balaban J connectivity index is 1.40. The molecule has 0 saturated carbocycles. The van der Waals surface area contributed by atoms with E-state index >= 15 is 0 Å². The molecule has 1 amide bonds. The molecule has 1 saturated heterocycles. The molecule has 36 heavy (non-hydrogen) atoms. The summed E-state index contributed by atoms with van der Waals surface area (Å²) in [6, 6.07) is 13.0. The molecule has 2 aliphatic heterocycles. The number of rotatable bonds is 5. The third-order valence-corrected chi connectivity index (χ3v) is 7.32. The molecule has 0 radical (unpaired) electrons. The Kier molecular flexibility index (Phi) is 5.00. The predicted octanol–water partition coefficient (Wildman–Crippen LogP) is 3.93. The summed E-state index contributed by atoms with van der Waals surface area (Å²) in [5.41, 5.74) is 13.3. The number of fused-ring (bicyclic) bond motifs is 3. The molecule has 1 aromatic carbocycles. The SMILES string of the molecule is C=C(C(N)=O)c1ccc(N2C3C=C(c4cc(-c5cnn(C)c5)cn5ncc(C#N)c45)CC2CC3)cc1. The highest BCUT2D eigenvalue weighted by atomic mass is 16.1. The molecule has 8 heteroatoms. The molecule has 178 valence electrons. The minimum Gasteiger partial charge on any atom is -0.366 e. The maximum atomic E-state index is 11.5. The van der Waals surface area contributed by atoms with Crippen molar-refractivity contribution in [3.05, 3.63) is 84.5 Å². The number of carbonyl (C=O) groups is 1. The molecular weight excluding hydrogens is 450 g/mol. The fraction of sp³-hybridized carbons (Fsp3) is 0.214. The fourth-order valence-electron chi connectivity index (χ4n) is 5.59. The lowest BCUT2D eigenvalue weighted by atomic mass is 9.91. The van der Waals surface area contributed by atoms with E-state index in [1.54, 1.807) is 10.9 Å². The minimum atomic E-state index is -0.509. The van der Waals surface area contributed by atoms with Crippen LogP contribution in [0, 0.1) is 11.3 Å². The molecule has 2 bridgehead atoms. The van der Waals surface area contributed by atoms with Gasteiger partial charge in [-0.15, -0.1) is 0 Å². The normalized spacial score (nSPS) is 18.8. The van der Waals surface area contributed by atoms with Crippen LogP contribution >= 0.6 is 0 Å². The summed E-state index contributed by atoms with van der Waals surface area (Å²) in [4.78, 5) is 13.9. The number of amides is 1. The summed E-state index contributed by atoms with van der Waals surface area (Å²) in [6.07, 6.45) is 12.8. The number of aryl methyl sites for hydroxylation is 1. The topological polar surface area (TPSA) is 105 Å². The zero-order valence-corrected chi connectivity index (χ0v) is 19.9. The van der Waals surface area contributed by atoms with E-state index in [1.807, 2.05) is 54.4 Å². The molecule has 3 aromatic heterocycles. The van der Waals surface area contributed by atoms with Crippen LogP contribution in [-0.2, 0) is 11.8 Å². The van der Waals surface area contributed by atoms with Crippen molar-refractivity contribution in [3.63, 3.8) is 0 Å². The van der Waals surface area contributed by atoms with Crippen molar-refractivity contribution < 1.29 is 4.79 Å². The van der Waals surface area contributed by atoms with E-state index in [-0.39, 0.29) is 6.04 Å². The molecule has 5 heterocycles. The standard InChI is InChI=1S/C28H25N7O/c1-17(28(30)36)18-3-5-23(6-4-18)35-24-7-8-25(35)10-19(9-24)26-11-20(22-14-31-33(2)15-22)16-34-27(26)21(12-29)13-32-34/h3-6,9,11,13-16,24-25H,1,7-8,10H2,2H3,(H2,30,36). The first-order chi connectivity index (χ1) is 17.4. The lowest BCUT2D eigenvalue weighted by molar-refractivity contribution is -0.112. The van der Waals surface area contributed by atoms with Crippen LogP contribution in [-0.4, -0.2) is 37.4 Å². The van der Waals surface area contributed by atoms with E-state index in [0.29, 0.717) is 17.2 Å². The lowest BCUT2D eigenvalue weighted by Crippen LogP contribution is -2.38. The Bertz CT molecular complexity index is 1600. The summed E-state index contributed by atoms with van der Waals surface area (Å²) >= 11 is 0. The van der Waals surface area contributed by atoms with Gasteiger partial charge in [0.25, 0.3) is 0 Å². The molecule has 4 aromatic rings. The number of hydrogen-bond acceptors (Lipinski definition) is 5. The van der Waals surface area contributed by atoms with Gasteiger partial charge < -0.3 is 10.6 Å². The van der Waals surface area contributed by atoms with Gasteiger partial charge in [0.15, 0.2) is 0 Å². The van der Waals surface area contributed by atoms with E-state index in [2.05, 4.69) is 39.9 Å². The summed E-state index contributed by atoms with van der Waals surface area (Å²) < 4.78 is 3.60. The molecule has 8 nitrogen and oxygen atoms in total. The molecule has 6 rings (SSSR count). The first kappa shape index (κ1) is 21.9. The number of nitrogens with two attached hydrogens (primary N) is 1.